The molecule has 2 rings (SSSR count). The zero-order chi connectivity index (χ0) is 13.8. The minimum Gasteiger partial charge on any atom is -0.379 e. The number of nitrogens with zero attached hydrogens (tertiary/aromatic N) is 3. The zero-order valence-electron chi connectivity index (χ0n) is 10.3. The monoisotopic (exact) mass is 280 g/mol. The fourth-order valence-corrected chi connectivity index (χ4v) is 1.94. The highest BCUT2D eigenvalue weighted by Crippen LogP contribution is 2.27. The molecule has 0 aliphatic carbocycles. The van der Waals surface area contributed by atoms with Gasteiger partial charge in [0.05, 0.1) is 4.92 Å². The minimum atomic E-state index is -0.446. The van der Waals surface area contributed by atoms with Gasteiger partial charge in [0.2, 0.25) is 0 Å². The van der Waals surface area contributed by atoms with E-state index in [1.54, 1.807) is 23.0 Å². The SMILES string of the molecule is Cn1nccc1CCNc1ccc(Cl)cc1[N+](=O)[O-]. The molecule has 0 radical (unpaired) electrons. The van der Waals surface area contributed by atoms with E-state index >= 15 is 0 Å². The van der Waals surface area contributed by atoms with Crippen LogP contribution in [0.5, 0.6) is 0 Å². The van der Waals surface area contributed by atoms with Gasteiger partial charge in [-0.1, -0.05) is 11.6 Å². The van der Waals surface area contributed by atoms with Gasteiger partial charge in [0, 0.05) is 43.0 Å². The number of nitro groups is 1. The molecule has 1 aromatic heterocycles. The Kier molecular flexibility index (Phi) is 4.01. The summed E-state index contributed by atoms with van der Waals surface area (Å²) in [6.45, 7) is 0.585. The number of rotatable bonds is 5. The normalized spacial score (nSPS) is 10.4. The number of anilines is 1. The molecule has 0 aliphatic rings. The van der Waals surface area contributed by atoms with Crippen molar-refractivity contribution < 1.29 is 4.92 Å². The second-order valence-electron chi connectivity index (χ2n) is 4.04. The Labute approximate surface area is 115 Å². The van der Waals surface area contributed by atoms with Gasteiger partial charge in [0.1, 0.15) is 5.69 Å². The Morgan fingerprint density at radius 3 is 2.89 bits per heavy atom. The lowest BCUT2D eigenvalue weighted by molar-refractivity contribution is -0.383. The Morgan fingerprint density at radius 2 is 2.26 bits per heavy atom. The maximum Gasteiger partial charge on any atom is 0.293 e. The topological polar surface area (TPSA) is 73.0 Å². The van der Waals surface area contributed by atoms with E-state index in [1.807, 2.05) is 13.1 Å². The molecule has 0 spiro atoms. The van der Waals surface area contributed by atoms with Crippen LogP contribution >= 0.6 is 11.6 Å². The van der Waals surface area contributed by atoms with Crippen LogP contribution in [0.2, 0.25) is 5.02 Å². The Hall–Kier alpha value is -2.08. The molecule has 2 aromatic rings. The van der Waals surface area contributed by atoms with Crippen molar-refractivity contribution in [2.75, 3.05) is 11.9 Å². The van der Waals surface area contributed by atoms with Crippen LogP contribution in [0.15, 0.2) is 30.5 Å². The molecule has 0 atom stereocenters. The van der Waals surface area contributed by atoms with Crippen molar-refractivity contribution in [1.29, 1.82) is 0 Å². The quantitative estimate of drug-likeness (QED) is 0.675. The summed E-state index contributed by atoms with van der Waals surface area (Å²) in [7, 11) is 1.86. The van der Waals surface area contributed by atoms with Crippen molar-refractivity contribution in [2.24, 2.45) is 7.05 Å². The molecule has 19 heavy (non-hydrogen) atoms. The van der Waals surface area contributed by atoms with Crippen molar-refractivity contribution in [3.05, 3.63) is 51.3 Å². The van der Waals surface area contributed by atoms with E-state index in [0.29, 0.717) is 17.3 Å². The first-order valence-corrected chi connectivity index (χ1v) is 6.10. The summed E-state index contributed by atoms with van der Waals surface area (Å²) in [6.07, 6.45) is 2.45. The molecular formula is C12H13ClN4O2. The molecule has 0 unspecified atom stereocenters. The van der Waals surface area contributed by atoms with E-state index in [9.17, 15) is 10.1 Å². The minimum absolute atomic E-state index is 0.0162. The Morgan fingerprint density at radius 1 is 1.47 bits per heavy atom. The van der Waals surface area contributed by atoms with Gasteiger partial charge >= 0.3 is 0 Å². The van der Waals surface area contributed by atoms with Crippen LogP contribution in [0.3, 0.4) is 0 Å². The summed E-state index contributed by atoms with van der Waals surface area (Å²) in [4.78, 5) is 10.5. The van der Waals surface area contributed by atoms with Gasteiger partial charge < -0.3 is 5.32 Å². The van der Waals surface area contributed by atoms with Gasteiger partial charge in [-0.15, -0.1) is 0 Å². The van der Waals surface area contributed by atoms with E-state index in [4.69, 9.17) is 11.6 Å². The molecule has 0 saturated carbocycles. The fourth-order valence-electron chi connectivity index (χ4n) is 1.78. The second-order valence-corrected chi connectivity index (χ2v) is 4.48. The highest BCUT2D eigenvalue weighted by atomic mass is 35.5. The molecule has 0 saturated heterocycles. The summed E-state index contributed by atoms with van der Waals surface area (Å²) in [5.74, 6) is 0. The summed E-state index contributed by atoms with van der Waals surface area (Å²) in [6, 6.07) is 6.50. The van der Waals surface area contributed by atoms with E-state index < -0.39 is 4.92 Å². The number of aromatic nitrogens is 2. The standard InChI is InChI=1S/C12H13ClN4O2/c1-16-10(5-7-15-16)4-6-14-11-3-2-9(13)8-12(11)17(18)19/h2-3,5,7-8,14H,4,6H2,1H3. The van der Waals surface area contributed by atoms with Crippen molar-refractivity contribution in [3.63, 3.8) is 0 Å². The summed E-state index contributed by atoms with van der Waals surface area (Å²) < 4.78 is 1.78. The largest absolute Gasteiger partial charge is 0.379 e. The zero-order valence-corrected chi connectivity index (χ0v) is 11.1. The van der Waals surface area contributed by atoms with E-state index in [1.165, 1.54) is 6.07 Å². The molecular weight excluding hydrogens is 268 g/mol. The lowest BCUT2D eigenvalue weighted by Crippen LogP contribution is -2.09. The average Bonchev–Trinajstić information content (AvgIpc) is 2.77. The van der Waals surface area contributed by atoms with E-state index in [-0.39, 0.29) is 5.69 Å². The number of hydrogen-bond acceptors (Lipinski definition) is 4. The first-order chi connectivity index (χ1) is 9.08. The van der Waals surface area contributed by atoms with Gasteiger partial charge in [-0.2, -0.15) is 5.10 Å². The maximum absolute atomic E-state index is 10.9. The smallest absolute Gasteiger partial charge is 0.293 e. The van der Waals surface area contributed by atoms with Gasteiger partial charge in [-0.3, -0.25) is 14.8 Å². The Balaban J connectivity index is 2.03. The molecule has 0 bridgehead atoms. The highest BCUT2D eigenvalue weighted by Gasteiger charge is 2.13. The first-order valence-electron chi connectivity index (χ1n) is 5.72. The first kappa shape index (κ1) is 13.4. The number of halogens is 1. The molecule has 100 valence electrons. The van der Waals surface area contributed by atoms with E-state index in [2.05, 4.69) is 10.4 Å². The van der Waals surface area contributed by atoms with Crippen LogP contribution in [-0.4, -0.2) is 21.2 Å². The predicted octanol–water partition coefficient (Wildman–Crippen LogP) is 2.64. The molecule has 0 amide bonds. The van der Waals surface area contributed by atoms with Gasteiger partial charge in [0.15, 0.2) is 0 Å². The molecule has 6 nitrogen and oxygen atoms in total. The summed E-state index contributed by atoms with van der Waals surface area (Å²) in [5.41, 5.74) is 1.51. The van der Waals surface area contributed by atoms with Gasteiger partial charge in [0.25, 0.3) is 5.69 Å². The average molecular weight is 281 g/mol. The summed E-state index contributed by atoms with van der Waals surface area (Å²) in [5, 5.41) is 18.4. The number of nitro benzene ring substituents is 1. The molecule has 0 aliphatic heterocycles. The third-order valence-corrected chi connectivity index (χ3v) is 3.01. The van der Waals surface area contributed by atoms with Crippen LogP contribution < -0.4 is 5.32 Å². The van der Waals surface area contributed by atoms with Crippen LogP contribution in [0.1, 0.15) is 5.69 Å². The third kappa shape index (κ3) is 3.23. The molecule has 7 heteroatoms. The number of nitrogens with one attached hydrogen (secondary N) is 1. The highest BCUT2D eigenvalue weighted by molar-refractivity contribution is 6.30. The molecule has 1 heterocycles. The molecule has 1 aromatic carbocycles. The van der Waals surface area contributed by atoms with E-state index in [0.717, 1.165) is 12.1 Å². The maximum atomic E-state index is 10.9. The lowest BCUT2D eigenvalue weighted by Gasteiger charge is -2.07. The fraction of sp³-hybridized carbons (Fsp3) is 0.250. The van der Waals surface area contributed by atoms with Gasteiger partial charge in [-0.05, 0) is 18.2 Å². The summed E-state index contributed by atoms with van der Waals surface area (Å²) >= 11 is 5.75. The third-order valence-electron chi connectivity index (χ3n) is 2.78. The molecule has 0 fully saturated rings. The van der Waals surface area contributed by atoms with Crippen LogP contribution in [0.4, 0.5) is 11.4 Å². The van der Waals surface area contributed by atoms with Crippen molar-refractivity contribution in [1.82, 2.24) is 9.78 Å². The number of hydrogen-bond donors (Lipinski definition) is 1. The van der Waals surface area contributed by atoms with Crippen LogP contribution in [-0.2, 0) is 13.5 Å². The van der Waals surface area contributed by atoms with Gasteiger partial charge in [-0.25, -0.2) is 0 Å². The molecule has 1 N–H and O–H groups in total. The van der Waals surface area contributed by atoms with Crippen molar-refractivity contribution in [3.8, 4) is 0 Å². The van der Waals surface area contributed by atoms with Crippen LogP contribution in [0.25, 0.3) is 0 Å². The van der Waals surface area contributed by atoms with Crippen molar-refractivity contribution >= 4 is 23.0 Å². The van der Waals surface area contributed by atoms with Crippen LogP contribution in [0, 0.1) is 10.1 Å². The van der Waals surface area contributed by atoms with Crippen molar-refractivity contribution in [2.45, 2.75) is 6.42 Å². The second kappa shape index (κ2) is 5.71. The number of benzene rings is 1. The number of aryl methyl sites for hydroxylation is 1. The lowest BCUT2D eigenvalue weighted by atomic mass is 10.2. The Bertz CT molecular complexity index is 597. The predicted molar refractivity (Wildman–Crippen MR) is 73.5 cm³/mol.